The lowest BCUT2D eigenvalue weighted by atomic mass is 9.78. The largest absolute Gasteiger partial charge is 0.324 e. The van der Waals surface area contributed by atoms with Gasteiger partial charge in [-0.15, -0.1) is 0 Å². The Morgan fingerprint density at radius 3 is 2.53 bits per heavy atom. The van der Waals surface area contributed by atoms with Crippen LogP contribution in [0.4, 0.5) is 0 Å². The standard InChI is InChI=1S/C10H11Cl3N2/c11-6-4-15-10(13)8(12)7(6)9(14)5-2-1-3-5/h4-5,9H,1-3,14H2/t9-/m1/s1. The van der Waals surface area contributed by atoms with Crippen LogP contribution in [0.5, 0.6) is 0 Å². The minimum Gasteiger partial charge on any atom is -0.324 e. The summed E-state index contributed by atoms with van der Waals surface area (Å²) in [6.45, 7) is 0. The topological polar surface area (TPSA) is 38.9 Å². The molecular weight excluding hydrogens is 254 g/mol. The second-order valence-corrected chi connectivity index (χ2v) is 4.98. The minimum atomic E-state index is -0.126. The molecule has 0 amide bonds. The highest BCUT2D eigenvalue weighted by Gasteiger charge is 2.29. The maximum atomic E-state index is 6.12. The molecule has 1 saturated carbocycles. The van der Waals surface area contributed by atoms with Gasteiger partial charge in [0.25, 0.3) is 0 Å². The van der Waals surface area contributed by atoms with Crippen LogP contribution in [0, 0.1) is 5.92 Å². The monoisotopic (exact) mass is 264 g/mol. The Labute approximate surface area is 104 Å². The Morgan fingerprint density at radius 1 is 1.33 bits per heavy atom. The fraction of sp³-hybridized carbons (Fsp3) is 0.500. The van der Waals surface area contributed by atoms with Crippen molar-refractivity contribution in [3.63, 3.8) is 0 Å². The molecule has 1 aromatic heterocycles. The van der Waals surface area contributed by atoms with Gasteiger partial charge >= 0.3 is 0 Å². The number of pyridine rings is 1. The molecule has 0 bridgehead atoms. The predicted molar refractivity (Wildman–Crippen MR) is 63.5 cm³/mol. The lowest BCUT2D eigenvalue weighted by Crippen LogP contribution is -2.27. The zero-order valence-corrected chi connectivity index (χ0v) is 10.3. The van der Waals surface area contributed by atoms with Gasteiger partial charge in [0.1, 0.15) is 5.15 Å². The SMILES string of the molecule is N[C@@H](c1c(Cl)cnc(Cl)c1Cl)C1CCC1. The number of hydrogen-bond acceptors (Lipinski definition) is 2. The maximum Gasteiger partial charge on any atom is 0.148 e. The van der Waals surface area contributed by atoms with E-state index in [1.165, 1.54) is 12.6 Å². The van der Waals surface area contributed by atoms with Crippen molar-refractivity contribution in [2.24, 2.45) is 11.7 Å². The van der Waals surface area contributed by atoms with Crippen LogP contribution in [0.15, 0.2) is 6.20 Å². The Balaban J connectivity index is 2.36. The summed E-state index contributed by atoms with van der Waals surface area (Å²) in [5.41, 5.74) is 6.85. The molecule has 15 heavy (non-hydrogen) atoms. The van der Waals surface area contributed by atoms with Crippen LogP contribution < -0.4 is 5.73 Å². The van der Waals surface area contributed by atoms with Crippen LogP contribution in [0.3, 0.4) is 0 Å². The van der Waals surface area contributed by atoms with Crippen molar-refractivity contribution < 1.29 is 0 Å². The molecule has 1 aromatic rings. The zero-order chi connectivity index (χ0) is 11.0. The second-order valence-electron chi connectivity index (χ2n) is 3.84. The molecule has 1 aliphatic rings. The summed E-state index contributed by atoms with van der Waals surface area (Å²) in [6.07, 6.45) is 5.00. The molecule has 82 valence electrons. The lowest BCUT2D eigenvalue weighted by molar-refractivity contribution is 0.264. The third-order valence-corrected chi connectivity index (χ3v) is 4.02. The number of nitrogens with two attached hydrogens (primary N) is 1. The molecule has 0 saturated heterocycles. The van der Waals surface area contributed by atoms with Crippen LogP contribution in [0.1, 0.15) is 30.9 Å². The maximum absolute atomic E-state index is 6.12. The average molecular weight is 266 g/mol. The first kappa shape index (κ1) is 11.5. The van der Waals surface area contributed by atoms with Crippen molar-refractivity contribution in [2.45, 2.75) is 25.3 Å². The molecule has 0 aromatic carbocycles. The normalized spacial score (nSPS) is 18.7. The van der Waals surface area contributed by atoms with E-state index in [-0.39, 0.29) is 11.2 Å². The van der Waals surface area contributed by atoms with Crippen LogP contribution in [-0.4, -0.2) is 4.98 Å². The summed E-state index contributed by atoms with van der Waals surface area (Å²) >= 11 is 17.9. The summed E-state index contributed by atoms with van der Waals surface area (Å²) in [5.74, 6) is 0.471. The molecule has 0 unspecified atom stereocenters. The highest BCUT2D eigenvalue weighted by molar-refractivity contribution is 6.43. The molecule has 0 aliphatic heterocycles. The van der Waals surface area contributed by atoms with E-state index in [1.807, 2.05) is 0 Å². The van der Waals surface area contributed by atoms with Gasteiger partial charge in [-0.1, -0.05) is 41.2 Å². The van der Waals surface area contributed by atoms with Crippen molar-refractivity contribution >= 4 is 34.8 Å². The fourth-order valence-corrected chi connectivity index (χ4v) is 2.54. The quantitative estimate of drug-likeness (QED) is 0.825. The fourth-order valence-electron chi connectivity index (χ4n) is 1.80. The third-order valence-electron chi connectivity index (χ3n) is 2.96. The van der Waals surface area contributed by atoms with Crippen molar-refractivity contribution in [3.05, 3.63) is 27.0 Å². The van der Waals surface area contributed by atoms with Gasteiger partial charge in [0, 0.05) is 17.8 Å². The summed E-state index contributed by atoms with van der Waals surface area (Å²) in [6, 6.07) is -0.126. The van der Waals surface area contributed by atoms with Gasteiger partial charge in [-0.25, -0.2) is 4.98 Å². The van der Waals surface area contributed by atoms with Crippen molar-refractivity contribution in [3.8, 4) is 0 Å². The highest BCUT2D eigenvalue weighted by atomic mass is 35.5. The van der Waals surface area contributed by atoms with Crippen molar-refractivity contribution in [1.82, 2.24) is 4.98 Å². The summed E-state index contributed by atoms with van der Waals surface area (Å²) in [7, 11) is 0. The average Bonchev–Trinajstić information content (AvgIpc) is 2.09. The second kappa shape index (κ2) is 4.46. The third kappa shape index (κ3) is 2.09. The number of aromatic nitrogens is 1. The summed E-state index contributed by atoms with van der Waals surface area (Å²) in [4.78, 5) is 3.87. The van der Waals surface area contributed by atoms with E-state index in [0.717, 1.165) is 18.4 Å². The smallest absolute Gasteiger partial charge is 0.148 e. The number of nitrogens with zero attached hydrogens (tertiary/aromatic N) is 1. The van der Waals surface area contributed by atoms with Crippen LogP contribution in [0.25, 0.3) is 0 Å². The Hall–Kier alpha value is -0.0200. The molecule has 1 aliphatic carbocycles. The van der Waals surface area contributed by atoms with E-state index >= 15 is 0 Å². The molecule has 1 atom stereocenters. The van der Waals surface area contributed by atoms with Crippen molar-refractivity contribution in [1.29, 1.82) is 0 Å². The molecule has 1 fully saturated rings. The molecule has 5 heteroatoms. The summed E-state index contributed by atoms with van der Waals surface area (Å²) in [5, 5.41) is 1.17. The van der Waals surface area contributed by atoms with Gasteiger partial charge in [-0.3, -0.25) is 0 Å². The number of rotatable bonds is 2. The molecule has 2 nitrogen and oxygen atoms in total. The molecule has 2 N–H and O–H groups in total. The molecule has 1 heterocycles. The Morgan fingerprint density at radius 2 is 2.00 bits per heavy atom. The van der Waals surface area contributed by atoms with E-state index < -0.39 is 0 Å². The first-order chi connectivity index (χ1) is 7.11. The van der Waals surface area contributed by atoms with E-state index in [9.17, 15) is 0 Å². The predicted octanol–water partition coefficient (Wildman–Crippen LogP) is 3.84. The van der Waals surface area contributed by atoms with E-state index in [4.69, 9.17) is 40.5 Å². The number of halogens is 3. The van der Waals surface area contributed by atoms with Crippen LogP contribution >= 0.6 is 34.8 Å². The Bertz CT molecular complexity index is 377. The first-order valence-corrected chi connectivity index (χ1v) is 5.99. The molecular formula is C10H11Cl3N2. The van der Waals surface area contributed by atoms with Gasteiger partial charge in [0.2, 0.25) is 0 Å². The van der Waals surface area contributed by atoms with Crippen molar-refractivity contribution in [2.75, 3.05) is 0 Å². The van der Waals surface area contributed by atoms with E-state index in [2.05, 4.69) is 4.98 Å². The first-order valence-electron chi connectivity index (χ1n) is 4.86. The zero-order valence-electron chi connectivity index (χ0n) is 8.01. The molecule has 0 radical (unpaired) electrons. The van der Waals surface area contributed by atoms with Gasteiger partial charge in [-0.05, 0) is 18.8 Å². The molecule has 0 spiro atoms. The highest BCUT2D eigenvalue weighted by Crippen LogP contribution is 2.42. The number of hydrogen-bond donors (Lipinski definition) is 1. The minimum absolute atomic E-state index is 0.126. The summed E-state index contributed by atoms with van der Waals surface area (Å²) < 4.78 is 0. The van der Waals surface area contributed by atoms with Gasteiger partial charge < -0.3 is 5.73 Å². The van der Waals surface area contributed by atoms with E-state index in [1.54, 1.807) is 0 Å². The Kier molecular flexibility index (Phi) is 3.41. The van der Waals surface area contributed by atoms with Crippen LogP contribution in [-0.2, 0) is 0 Å². The van der Waals surface area contributed by atoms with Gasteiger partial charge in [0.15, 0.2) is 0 Å². The van der Waals surface area contributed by atoms with Gasteiger partial charge in [-0.2, -0.15) is 0 Å². The van der Waals surface area contributed by atoms with E-state index in [0.29, 0.717) is 16.0 Å². The lowest BCUT2D eigenvalue weighted by Gasteiger charge is -2.32. The van der Waals surface area contributed by atoms with Crippen LogP contribution in [0.2, 0.25) is 15.2 Å². The van der Waals surface area contributed by atoms with Gasteiger partial charge in [0.05, 0.1) is 10.0 Å². The molecule has 2 rings (SSSR count).